The molecule has 5 amide bonds. The highest BCUT2D eigenvalue weighted by Crippen LogP contribution is 2.18. The third kappa shape index (κ3) is 15.4. The van der Waals surface area contributed by atoms with Gasteiger partial charge in [-0.25, -0.2) is 0 Å². The minimum Gasteiger partial charge on any atom is -0.480 e. The van der Waals surface area contributed by atoms with E-state index < -0.39 is 68.2 Å². The van der Waals surface area contributed by atoms with Crippen LogP contribution in [0.5, 0.6) is 0 Å². The molecule has 0 bridgehead atoms. The van der Waals surface area contributed by atoms with Crippen molar-refractivity contribution in [2.45, 2.75) is 6.42 Å². The summed E-state index contributed by atoms with van der Waals surface area (Å²) in [4.78, 5) is 89.6. The molecule has 0 aliphatic heterocycles. The van der Waals surface area contributed by atoms with Gasteiger partial charge in [-0.3, -0.25) is 33.7 Å². The van der Waals surface area contributed by atoms with Crippen LogP contribution in [0.2, 0.25) is 0 Å². The van der Waals surface area contributed by atoms with E-state index in [9.17, 15) is 33.9 Å². The molecule has 0 atom stereocenters. The molecule has 0 saturated heterocycles. The summed E-state index contributed by atoms with van der Waals surface area (Å²) in [6.07, 6.45) is 0.506. The fourth-order valence-corrected chi connectivity index (χ4v) is 5.49. The number of benzene rings is 3. The molecule has 57 heavy (non-hydrogen) atoms. The molecule has 0 aromatic heterocycles. The average Bonchev–Trinajstić information content (AvgIpc) is 3.22. The first-order valence-electron chi connectivity index (χ1n) is 18.1. The van der Waals surface area contributed by atoms with Gasteiger partial charge in [0.25, 0.3) is 0 Å². The second kappa shape index (κ2) is 25.0. The second-order valence-corrected chi connectivity index (χ2v) is 12.4. The van der Waals surface area contributed by atoms with Gasteiger partial charge < -0.3 is 39.5 Å². The first kappa shape index (κ1) is 45.1. The highest BCUT2D eigenvalue weighted by atomic mass is 16.5. The van der Waals surface area contributed by atoms with Crippen molar-refractivity contribution < 1.29 is 43.3 Å². The summed E-state index contributed by atoms with van der Waals surface area (Å²) in [6, 6.07) is 25.1. The van der Waals surface area contributed by atoms with Crippen molar-refractivity contribution in [3.63, 3.8) is 0 Å². The maximum atomic E-state index is 14.2. The van der Waals surface area contributed by atoms with Gasteiger partial charge in [0.2, 0.25) is 29.5 Å². The van der Waals surface area contributed by atoms with Crippen LogP contribution in [-0.4, -0.2) is 143 Å². The molecule has 0 aliphatic rings. The van der Waals surface area contributed by atoms with Gasteiger partial charge in [-0.05, 0) is 54.9 Å². The Morgan fingerprint density at radius 2 is 1.02 bits per heavy atom. The van der Waals surface area contributed by atoms with E-state index in [1.54, 1.807) is 91.0 Å². The fraction of sp³-hybridized carbons (Fsp3) is 0.385. The molecule has 0 spiro atoms. The molecule has 18 nitrogen and oxygen atoms in total. The van der Waals surface area contributed by atoms with Crippen LogP contribution in [0.25, 0.3) is 10.4 Å². The smallest absolute Gasteiger partial charge is 0.323 e. The average molecular weight is 788 g/mol. The van der Waals surface area contributed by atoms with Gasteiger partial charge in [-0.2, -0.15) is 0 Å². The Morgan fingerprint density at radius 1 is 0.614 bits per heavy atom. The largest absolute Gasteiger partial charge is 0.480 e. The van der Waals surface area contributed by atoms with Crippen LogP contribution >= 0.6 is 0 Å². The summed E-state index contributed by atoms with van der Waals surface area (Å²) in [5, 5.41) is 16.0. The molecule has 304 valence electrons. The van der Waals surface area contributed by atoms with Crippen LogP contribution in [0, 0.1) is 0 Å². The summed E-state index contributed by atoms with van der Waals surface area (Å²) in [5.41, 5.74) is 9.62. The SMILES string of the molecule is COCCN(CC(=O)N(CC(=O)O)c1ccccc1)C(=O)CN(C(=O)CN(CCOC)C(=O)CN(C(=O)CNCCCN=[N+]=[N-])c1ccccc1)c1ccccc1. The number of nitrogens with one attached hydrogen (secondary N) is 1. The number of carboxylic acids is 1. The highest BCUT2D eigenvalue weighted by Gasteiger charge is 2.30. The molecule has 3 aromatic rings. The Labute approximate surface area is 331 Å². The summed E-state index contributed by atoms with van der Waals surface area (Å²) in [5.74, 6) is -4.15. The van der Waals surface area contributed by atoms with Crippen molar-refractivity contribution in [3.05, 3.63) is 101 Å². The number of hydrogen-bond donors (Lipinski definition) is 2. The monoisotopic (exact) mass is 787 g/mol. The highest BCUT2D eigenvalue weighted by molar-refractivity contribution is 6.04. The van der Waals surface area contributed by atoms with Gasteiger partial charge in [-0.15, -0.1) is 0 Å². The lowest BCUT2D eigenvalue weighted by atomic mass is 10.2. The first-order chi connectivity index (χ1) is 27.6. The number of nitrogens with zero attached hydrogens (tertiary/aromatic N) is 8. The van der Waals surface area contributed by atoms with E-state index in [-0.39, 0.29) is 39.4 Å². The topological polar surface area (TPSA) is 218 Å². The number of aliphatic carboxylic acids is 1. The first-order valence-corrected chi connectivity index (χ1v) is 18.1. The standard InChI is InChI=1S/C39H49N9O9/c1-56-23-21-44(35(50)28-46(31-13-6-3-7-14-31)34(49)25-41-19-12-20-42-43-40)26-37(52)47(32-15-8-4-9-16-32)29-36(51)45(22-24-57-2)27-38(53)48(30-39(54)55)33-17-10-5-11-18-33/h3-11,13-18,41H,12,19-30H2,1-2H3,(H,54,55). The van der Waals surface area contributed by atoms with E-state index in [2.05, 4.69) is 15.3 Å². The lowest BCUT2D eigenvalue weighted by Gasteiger charge is -2.31. The molecule has 0 heterocycles. The third-order valence-electron chi connectivity index (χ3n) is 8.43. The van der Waals surface area contributed by atoms with E-state index in [1.807, 2.05) is 0 Å². The molecular formula is C39H49N9O9. The molecule has 0 radical (unpaired) electrons. The molecule has 0 aliphatic carbocycles. The van der Waals surface area contributed by atoms with Gasteiger partial charge in [0.15, 0.2) is 0 Å². The van der Waals surface area contributed by atoms with E-state index in [4.69, 9.17) is 15.0 Å². The lowest BCUT2D eigenvalue weighted by molar-refractivity contribution is -0.138. The summed E-state index contributed by atoms with van der Waals surface area (Å²) in [7, 11) is 2.87. The number of carbonyl (C=O) groups is 6. The maximum Gasteiger partial charge on any atom is 0.323 e. The quantitative estimate of drug-likeness (QED) is 0.0553. The molecule has 0 unspecified atom stereocenters. The maximum absolute atomic E-state index is 14.2. The molecule has 18 heteroatoms. The summed E-state index contributed by atoms with van der Waals surface area (Å²) < 4.78 is 10.4. The summed E-state index contributed by atoms with van der Waals surface area (Å²) >= 11 is 0. The Kier molecular flexibility index (Phi) is 19.7. The van der Waals surface area contributed by atoms with Gasteiger partial charge in [-0.1, -0.05) is 59.7 Å². The Hall–Kier alpha value is -6.33. The minimum atomic E-state index is -1.25. The molecule has 3 aromatic carbocycles. The number of hydrogen-bond acceptors (Lipinski definition) is 10. The Balaban J connectivity index is 1.85. The number of azide groups is 1. The number of carboxylic acid groups (broad SMARTS) is 1. The van der Waals surface area contributed by atoms with Crippen LogP contribution in [0.4, 0.5) is 17.1 Å². The van der Waals surface area contributed by atoms with Crippen LogP contribution in [0.15, 0.2) is 96.1 Å². The molecule has 0 fully saturated rings. The summed E-state index contributed by atoms with van der Waals surface area (Å²) in [6.45, 7) is -1.98. The fourth-order valence-electron chi connectivity index (χ4n) is 5.49. The second-order valence-electron chi connectivity index (χ2n) is 12.4. The van der Waals surface area contributed by atoms with Gasteiger partial charge in [0.05, 0.1) is 19.8 Å². The van der Waals surface area contributed by atoms with Crippen LogP contribution in [-0.2, 0) is 38.2 Å². The van der Waals surface area contributed by atoms with Gasteiger partial charge in [0.1, 0.15) is 32.7 Å². The molecular weight excluding hydrogens is 738 g/mol. The third-order valence-corrected chi connectivity index (χ3v) is 8.43. The Bertz CT molecular complexity index is 1800. The number of rotatable bonds is 25. The van der Waals surface area contributed by atoms with E-state index >= 15 is 0 Å². The number of amides is 5. The van der Waals surface area contributed by atoms with Crippen molar-refractivity contribution in [1.82, 2.24) is 15.1 Å². The van der Waals surface area contributed by atoms with Crippen LogP contribution < -0.4 is 20.0 Å². The Morgan fingerprint density at radius 3 is 1.40 bits per heavy atom. The number of anilines is 3. The number of carbonyl (C=O) groups excluding carboxylic acids is 5. The van der Waals surface area contributed by atoms with Crippen molar-refractivity contribution in [1.29, 1.82) is 0 Å². The van der Waals surface area contributed by atoms with Crippen LogP contribution in [0.3, 0.4) is 0 Å². The van der Waals surface area contributed by atoms with E-state index in [1.165, 1.54) is 33.8 Å². The van der Waals surface area contributed by atoms with E-state index in [0.717, 1.165) is 4.90 Å². The lowest BCUT2D eigenvalue weighted by Crippen LogP contribution is -2.52. The van der Waals surface area contributed by atoms with Crippen LogP contribution in [0.1, 0.15) is 6.42 Å². The zero-order chi connectivity index (χ0) is 41.4. The zero-order valence-corrected chi connectivity index (χ0v) is 32.1. The van der Waals surface area contributed by atoms with Gasteiger partial charge in [0, 0.05) is 55.8 Å². The molecule has 2 N–H and O–H groups in total. The minimum absolute atomic E-state index is 0.0144. The molecule has 3 rings (SSSR count). The van der Waals surface area contributed by atoms with E-state index in [0.29, 0.717) is 30.0 Å². The van der Waals surface area contributed by atoms with Crippen molar-refractivity contribution in [2.24, 2.45) is 5.11 Å². The predicted octanol–water partition coefficient (Wildman–Crippen LogP) is 2.41. The number of ether oxygens (including phenoxy) is 2. The van der Waals surface area contributed by atoms with Crippen molar-refractivity contribution in [3.8, 4) is 0 Å². The van der Waals surface area contributed by atoms with Gasteiger partial charge >= 0.3 is 5.97 Å². The molecule has 0 saturated carbocycles. The normalized spacial score (nSPS) is 10.5. The van der Waals surface area contributed by atoms with Crippen molar-refractivity contribution >= 4 is 52.6 Å². The predicted molar refractivity (Wildman–Crippen MR) is 212 cm³/mol. The van der Waals surface area contributed by atoms with Crippen molar-refractivity contribution in [2.75, 3.05) is 108 Å². The zero-order valence-electron chi connectivity index (χ0n) is 32.1. The number of para-hydroxylation sites is 3. The number of methoxy groups -OCH3 is 2.